The van der Waals surface area contributed by atoms with Crippen molar-refractivity contribution in [2.45, 2.75) is 18.9 Å². The molecule has 2 atom stereocenters. The van der Waals surface area contributed by atoms with Crippen LogP contribution in [0.4, 0.5) is 0 Å². The predicted octanol–water partition coefficient (Wildman–Crippen LogP) is 4.82. The van der Waals surface area contributed by atoms with E-state index < -0.39 is 0 Å². The van der Waals surface area contributed by atoms with Crippen LogP contribution in [0, 0.1) is 0 Å². The maximum Gasteiger partial charge on any atom is 0.119 e. The second kappa shape index (κ2) is 9.82. The highest BCUT2D eigenvalue weighted by molar-refractivity contribution is 5.98. The lowest BCUT2D eigenvalue weighted by Gasteiger charge is -2.18. The SMILES string of the molecule is CN1C[C@@H]1COc1ccc(/C(=C(/CCCO)c2ccccc2)c2ccc(O)cc2)cc1. The van der Waals surface area contributed by atoms with E-state index in [1.807, 2.05) is 42.5 Å². The molecule has 31 heavy (non-hydrogen) atoms. The largest absolute Gasteiger partial charge is 0.508 e. The van der Waals surface area contributed by atoms with E-state index >= 15 is 0 Å². The highest BCUT2D eigenvalue weighted by Crippen LogP contribution is 2.36. The quantitative estimate of drug-likeness (QED) is 0.389. The molecule has 1 saturated heterocycles. The number of hydrogen-bond acceptors (Lipinski definition) is 4. The number of rotatable bonds is 9. The molecule has 0 spiro atoms. The Hall–Kier alpha value is -3.08. The van der Waals surface area contributed by atoms with Crippen molar-refractivity contribution >= 4 is 11.1 Å². The van der Waals surface area contributed by atoms with Crippen molar-refractivity contribution in [2.24, 2.45) is 0 Å². The first kappa shape index (κ1) is 21.2. The maximum atomic E-state index is 9.80. The number of aliphatic hydroxyl groups excluding tert-OH is 1. The zero-order chi connectivity index (χ0) is 21.6. The topological polar surface area (TPSA) is 52.7 Å². The summed E-state index contributed by atoms with van der Waals surface area (Å²) in [5, 5.41) is 19.3. The van der Waals surface area contributed by atoms with Crippen LogP contribution in [-0.2, 0) is 0 Å². The molecule has 160 valence electrons. The molecule has 3 aromatic rings. The van der Waals surface area contributed by atoms with E-state index in [4.69, 9.17) is 4.74 Å². The van der Waals surface area contributed by atoms with Crippen molar-refractivity contribution in [1.82, 2.24) is 4.90 Å². The van der Waals surface area contributed by atoms with Crippen LogP contribution in [0.2, 0.25) is 0 Å². The Morgan fingerprint density at radius 3 is 2.10 bits per heavy atom. The van der Waals surface area contributed by atoms with Crippen molar-refractivity contribution in [2.75, 3.05) is 26.8 Å². The highest BCUT2D eigenvalue weighted by Gasteiger charge is 2.30. The van der Waals surface area contributed by atoms with Crippen molar-refractivity contribution < 1.29 is 14.9 Å². The van der Waals surface area contributed by atoms with Crippen LogP contribution in [0.15, 0.2) is 78.9 Å². The first-order valence-electron chi connectivity index (χ1n) is 10.8. The molecule has 0 radical (unpaired) electrons. The summed E-state index contributed by atoms with van der Waals surface area (Å²) >= 11 is 0. The van der Waals surface area contributed by atoms with Crippen LogP contribution >= 0.6 is 0 Å². The van der Waals surface area contributed by atoms with Crippen LogP contribution in [0.1, 0.15) is 29.5 Å². The standard InChI is InChI=1S/C27H29NO3/c1-28-18-23(28)19-31-25-15-11-22(12-16-25)27(21-9-13-24(30)14-10-21)26(8-5-17-29)20-6-3-2-4-7-20/h2-4,6-7,9-16,23,29-30H,5,8,17-19H2,1H3/b27-26-/t23-,28?/m1/s1. The third kappa shape index (κ3) is 5.35. The van der Waals surface area contributed by atoms with E-state index in [2.05, 4.69) is 36.2 Å². The molecule has 0 amide bonds. The molecule has 0 aliphatic carbocycles. The van der Waals surface area contributed by atoms with Gasteiger partial charge in [-0.25, -0.2) is 0 Å². The molecule has 1 unspecified atom stereocenters. The molecule has 4 heteroatoms. The number of aromatic hydroxyl groups is 1. The third-order valence-corrected chi connectivity index (χ3v) is 5.74. The molecule has 0 aromatic heterocycles. The minimum absolute atomic E-state index is 0.140. The first-order valence-corrected chi connectivity index (χ1v) is 10.8. The lowest BCUT2D eigenvalue weighted by atomic mass is 9.87. The Balaban J connectivity index is 1.74. The summed E-state index contributed by atoms with van der Waals surface area (Å²) in [6.07, 6.45) is 1.44. The molecular formula is C27H29NO3. The third-order valence-electron chi connectivity index (χ3n) is 5.74. The predicted molar refractivity (Wildman–Crippen MR) is 125 cm³/mol. The average molecular weight is 416 g/mol. The fourth-order valence-corrected chi connectivity index (χ4v) is 3.83. The zero-order valence-corrected chi connectivity index (χ0v) is 17.9. The number of aliphatic hydroxyl groups is 1. The molecule has 4 rings (SSSR count). The molecule has 0 bridgehead atoms. The van der Waals surface area contributed by atoms with Gasteiger partial charge in [-0.3, -0.25) is 4.90 Å². The number of phenols is 1. The van der Waals surface area contributed by atoms with Gasteiger partial charge in [0.05, 0.1) is 6.04 Å². The van der Waals surface area contributed by atoms with Crippen LogP contribution in [-0.4, -0.2) is 48.0 Å². The number of benzene rings is 3. The second-order valence-electron chi connectivity index (χ2n) is 8.02. The average Bonchev–Trinajstić information content (AvgIpc) is 3.52. The first-order chi connectivity index (χ1) is 15.2. The Morgan fingerprint density at radius 1 is 0.903 bits per heavy atom. The van der Waals surface area contributed by atoms with E-state index in [1.54, 1.807) is 12.1 Å². The Kier molecular flexibility index (Phi) is 6.70. The van der Waals surface area contributed by atoms with Gasteiger partial charge in [0.2, 0.25) is 0 Å². The molecule has 1 aliphatic rings. The van der Waals surface area contributed by atoms with Gasteiger partial charge in [0, 0.05) is 13.2 Å². The fraction of sp³-hybridized carbons (Fsp3) is 0.259. The van der Waals surface area contributed by atoms with Gasteiger partial charge in [-0.15, -0.1) is 0 Å². The fourth-order valence-electron chi connectivity index (χ4n) is 3.83. The molecule has 1 heterocycles. The lowest BCUT2D eigenvalue weighted by molar-refractivity contribution is 0.290. The molecule has 3 aromatic carbocycles. The van der Waals surface area contributed by atoms with Gasteiger partial charge < -0.3 is 14.9 Å². The van der Waals surface area contributed by atoms with E-state index in [9.17, 15) is 10.2 Å². The van der Waals surface area contributed by atoms with Crippen LogP contribution in [0.3, 0.4) is 0 Å². The van der Waals surface area contributed by atoms with Crippen molar-refractivity contribution in [3.63, 3.8) is 0 Å². The van der Waals surface area contributed by atoms with Gasteiger partial charge >= 0.3 is 0 Å². The Bertz CT molecular complexity index is 1010. The molecule has 1 aliphatic heterocycles. The van der Waals surface area contributed by atoms with Gasteiger partial charge in [-0.2, -0.15) is 0 Å². The lowest BCUT2D eigenvalue weighted by Crippen LogP contribution is -2.08. The number of likely N-dealkylation sites (N-methyl/N-ethyl adjacent to an activating group) is 1. The number of nitrogens with zero attached hydrogens (tertiary/aromatic N) is 1. The van der Waals surface area contributed by atoms with Crippen LogP contribution < -0.4 is 4.74 Å². The van der Waals surface area contributed by atoms with Gasteiger partial charge in [-0.05, 0) is 72.0 Å². The summed E-state index contributed by atoms with van der Waals surface area (Å²) in [6.45, 7) is 1.95. The molecule has 0 saturated carbocycles. The molecular weight excluding hydrogens is 386 g/mol. The monoisotopic (exact) mass is 415 g/mol. The van der Waals surface area contributed by atoms with Crippen molar-refractivity contribution in [3.05, 3.63) is 95.6 Å². The number of allylic oxidation sites excluding steroid dienone is 1. The highest BCUT2D eigenvalue weighted by atomic mass is 16.5. The summed E-state index contributed by atoms with van der Waals surface area (Å²) in [6, 6.07) is 26.4. The van der Waals surface area contributed by atoms with Crippen molar-refractivity contribution in [3.8, 4) is 11.5 Å². The van der Waals surface area contributed by atoms with E-state index in [0.717, 1.165) is 41.0 Å². The summed E-state index contributed by atoms with van der Waals surface area (Å²) in [5.41, 5.74) is 5.53. The van der Waals surface area contributed by atoms with Gasteiger partial charge in [0.15, 0.2) is 0 Å². The van der Waals surface area contributed by atoms with E-state index in [1.165, 1.54) is 5.57 Å². The molecule has 1 fully saturated rings. The summed E-state index contributed by atoms with van der Waals surface area (Å²) < 4.78 is 5.94. The normalized spacial score (nSPS) is 18.4. The maximum absolute atomic E-state index is 9.80. The summed E-state index contributed by atoms with van der Waals surface area (Å²) in [7, 11) is 2.10. The van der Waals surface area contributed by atoms with E-state index in [0.29, 0.717) is 19.1 Å². The van der Waals surface area contributed by atoms with Gasteiger partial charge in [0.25, 0.3) is 0 Å². The number of hydrogen-bond donors (Lipinski definition) is 2. The minimum atomic E-state index is 0.140. The van der Waals surface area contributed by atoms with Crippen LogP contribution in [0.25, 0.3) is 11.1 Å². The van der Waals surface area contributed by atoms with Crippen molar-refractivity contribution in [1.29, 1.82) is 0 Å². The molecule has 4 nitrogen and oxygen atoms in total. The number of phenolic OH excluding ortho intramolecular Hbond substituents is 1. The number of ether oxygens (including phenoxy) is 1. The van der Waals surface area contributed by atoms with Gasteiger partial charge in [0.1, 0.15) is 18.1 Å². The Labute approximate surface area is 184 Å². The summed E-state index contributed by atoms with van der Waals surface area (Å²) in [4.78, 5) is 2.26. The van der Waals surface area contributed by atoms with E-state index in [-0.39, 0.29) is 12.4 Å². The molecule has 2 N–H and O–H groups in total. The second-order valence-corrected chi connectivity index (χ2v) is 8.02. The minimum Gasteiger partial charge on any atom is -0.508 e. The smallest absolute Gasteiger partial charge is 0.119 e. The summed E-state index contributed by atoms with van der Waals surface area (Å²) in [5.74, 6) is 1.11. The zero-order valence-electron chi connectivity index (χ0n) is 17.9. The van der Waals surface area contributed by atoms with Crippen LogP contribution in [0.5, 0.6) is 11.5 Å². The van der Waals surface area contributed by atoms with Gasteiger partial charge in [-0.1, -0.05) is 54.6 Å². The Morgan fingerprint density at radius 2 is 1.52 bits per heavy atom.